The lowest BCUT2D eigenvalue weighted by atomic mass is 9.29. The van der Waals surface area contributed by atoms with Crippen molar-refractivity contribution in [1.29, 1.82) is 0 Å². The summed E-state index contributed by atoms with van der Waals surface area (Å²) in [5.41, 5.74) is 8.55. The number of hydrogen-bond acceptors (Lipinski definition) is 1. The molecule has 0 spiro atoms. The summed E-state index contributed by atoms with van der Waals surface area (Å²) >= 11 is 0. The van der Waals surface area contributed by atoms with Crippen molar-refractivity contribution in [3.63, 3.8) is 0 Å². The molecule has 4 aliphatic rings. The Morgan fingerprint density at radius 3 is 1.40 bits per heavy atom. The largest absolute Gasteiger partial charge is 0.312 e. The van der Waals surface area contributed by atoms with Crippen LogP contribution in [0.2, 0.25) is 0 Å². The lowest BCUT2D eigenvalue weighted by molar-refractivity contribution is 1.17. The summed E-state index contributed by atoms with van der Waals surface area (Å²) in [6.07, 6.45) is 0. The van der Waals surface area contributed by atoms with E-state index in [1.54, 1.807) is 4.90 Å². The lowest BCUT2D eigenvalue weighted by Crippen LogP contribution is -2.67. The second-order valence-electron chi connectivity index (χ2n) is 12.9. The van der Waals surface area contributed by atoms with Gasteiger partial charge in [0.05, 0.1) is 23.4 Å². The van der Waals surface area contributed by atoms with Crippen LogP contribution in [0.3, 0.4) is 0 Å². The summed E-state index contributed by atoms with van der Waals surface area (Å²) < 4.78 is 90.0. The molecule has 7 aromatic carbocycles. The van der Waals surface area contributed by atoms with Crippen molar-refractivity contribution in [3.8, 4) is 11.4 Å². The maximum atomic E-state index is 9.71. The third-order valence-corrected chi connectivity index (χ3v) is 11.0. The van der Waals surface area contributed by atoms with Crippen molar-refractivity contribution in [2.45, 2.75) is 0 Å². The topological polar surface area (TPSA) is 13.1 Å². The summed E-state index contributed by atoms with van der Waals surface area (Å²) in [6.45, 7) is -1.49. The molecule has 0 N–H and O–H groups in total. The number of aromatic nitrogens is 2. The molecular weight excluding hydrogens is 568 g/mol. The molecule has 0 amide bonds. The van der Waals surface area contributed by atoms with Gasteiger partial charge in [-0.15, -0.1) is 0 Å². The average Bonchev–Trinajstić information content (AvgIpc) is 3.73. The minimum atomic E-state index is -0.747. The van der Waals surface area contributed by atoms with E-state index in [0.29, 0.717) is 38.9 Å². The molecule has 5 heteroatoms. The Morgan fingerprint density at radius 1 is 0.426 bits per heavy atom. The van der Waals surface area contributed by atoms with Gasteiger partial charge < -0.3 is 14.0 Å². The first kappa shape index (κ1) is 17.1. The molecule has 4 aliphatic heterocycles. The highest BCUT2D eigenvalue weighted by atomic mass is 15.2. The Kier molecular flexibility index (Phi) is 2.81. The van der Waals surface area contributed by atoms with Crippen LogP contribution in [-0.2, 0) is 0 Å². The second kappa shape index (κ2) is 7.71. The van der Waals surface area contributed by atoms with Crippen molar-refractivity contribution in [2.24, 2.45) is 0 Å². The molecule has 0 aliphatic carbocycles. The van der Waals surface area contributed by atoms with Crippen LogP contribution in [0.1, 0.15) is 12.3 Å². The van der Waals surface area contributed by atoms with E-state index in [9.17, 15) is 12.3 Å². The standard InChI is InChI=1S/C42H23B2N3/c1-3-18-32-24(10-1)26-12-5-14-28-40(26)45(32)34-20-8-22-36-38(34)43(28)30-16-7-17-31-42(30)47(36)37-23-9-21-35-39(37)44(31)29-15-6-13-27-25-11-2-4-19-33(25)46(35)41(27)29/h1-23H/i7D,8D,9D,16D,17D,20D,21D,22D,23D. The number of benzene rings is 7. The first-order valence-corrected chi connectivity index (χ1v) is 15.9. The van der Waals surface area contributed by atoms with Crippen LogP contribution in [0.25, 0.3) is 55.0 Å². The average molecular weight is 600 g/mol. The Bertz CT molecular complexity index is 3240. The minimum absolute atomic E-state index is 0.143. The molecule has 0 unspecified atom stereocenters. The number of para-hydroxylation sites is 5. The van der Waals surface area contributed by atoms with Crippen LogP contribution in [-0.4, -0.2) is 22.6 Å². The molecule has 13 rings (SSSR count). The number of fused-ring (bicyclic) bond motifs is 14. The van der Waals surface area contributed by atoms with E-state index in [1.165, 1.54) is 0 Å². The first-order valence-electron chi connectivity index (χ1n) is 20.4. The number of anilines is 3. The van der Waals surface area contributed by atoms with Crippen LogP contribution >= 0.6 is 0 Å². The van der Waals surface area contributed by atoms with Crippen molar-refractivity contribution in [1.82, 2.24) is 9.13 Å². The third kappa shape index (κ3) is 2.45. The molecule has 6 heterocycles. The molecule has 9 aromatic rings. The number of rotatable bonds is 0. The Hall–Kier alpha value is -5.93. The van der Waals surface area contributed by atoms with Crippen LogP contribution in [0.15, 0.2) is 139 Å². The normalized spacial score (nSPS) is 16.9. The molecule has 0 radical (unpaired) electrons. The molecule has 2 aromatic heterocycles. The summed E-state index contributed by atoms with van der Waals surface area (Å²) in [5.74, 6) is 0. The van der Waals surface area contributed by atoms with Gasteiger partial charge in [0.2, 0.25) is 0 Å². The van der Waals surface area contributed by atoms with Crippen LogP contribution in [0, 0.1) is 0 Å². The van der Waals surface area contributed by atoms with Crippen LogP contribution < -0.4 is 37.7 Å². The van der Waals surface area contributed by atoms with Gasteiger partial charge in [-0.2, -0.15) is 0 Å². The molecule has 0 saturated carbocycles. The first-order chi connectivity index (χ1) is 27.1. The van der Waals surface area contributed by atoms with E-state index in [1.807, 2.05) is 94.1 Å². The Morgan fingerprint density at radius 2 is 0.872 bits per heavy atom. The third-order valence-electron chi connectivity index (χ3n) is 11.0. The van der Waals surface area contributed by atoms with Gasteiger partial charge in [-0.25, -0.2) is 0 Å². The molecule has 0 fully saturated rings. The van der Waals surface area contributed by atoms with E-state index in [4.69, 9.17) is 0 Å². The van der Waals surface area contributed by atoms with Gasteiger partial charge in [-0.3, -0.25) is 0 Å². The molecule has 0 bridgehead atoms. The van der Waals surface area contributed by atoms with Crippen molar-refractivity contribution in [2.75, 3.05) is 4.90 Å². The van der Waals surface area contributed by atoms with Crippen LogP contribution in [0.5, 0.6) is 0 Å². The highest BCUT2D eigenvalue weighted by molar-refractivity contribution is 7.04. The molecular formula is C42H23B2N3. The molecule has 3 nitrogen and oxygen atoms in total. The SMILES string of the molecule is [2H]c1c([2H])c2c3c(c1[2H])B1c4c(c([2H])c([2H])c([2H])c4-n4c5ccccc5c5cccc1c54)N3c1c([2H])c([2H])c([2H])c3c1B2c1cccc2c4ccccc4n-3c12. The lowest BCUT2D eigenvalue weighted by Gasteiger charge is -2.46. The molecule has 47 heavy (non-hydrogen) atoms. The zero-order chi connectivity index (χ0) is 38.0. The maximum Gasteiger partial charge on any atom is 0.252 e. The summed E-state index contributed by atoms with van der Waals surface area (Å²) in [5, 5.41) is 3.78. The number of hydrogen-bond donors (Lipinski definition) is 0. The van der Waals surface area contributed by atoms with Gasteiger partial charge in [0.1, 0.15) is 0 Å². The van der Waals surface area contributed by atoms with Gasteiger partial charge in [0, 0.05) is 61.0 Å². The maximum absolute atomic E-state index is 9.71. The molecule has 0 atom stereocenters. The van der Waals surface area contributed by atoms with Crippen molar-refractivity contribution >= 4 is 107 Å². The van der Waals surface area contributed by atoms with E-state index in [-0.39, 0.29) is 65.8 Å². The number of nitrogens with zero attached hydrogens (tertiary/aromatic N) is 3. The van der Waals surface area contributed by atoms with Gasteiger partial charge in [-0.05, 0) is 69.1 Å². The van der Waals surface area contributed by atoms with E-state index in [0.717, 1.165) is 54.5 Å². The predicted molar refractivity (Wildman–Crippen MR) is 199 cm³/mol. The van der Waals surface area contributed by atoms with Gasteiger partial charge >= 0.3 is 0 Å². The highest BCUT2D eigenvalue weighted by Gasteiger charge is 2.48. The zero-order valence-corrected chi connectivity index (χ0v) is 24.6. The van der Waals surface area contributed by atoms with E-state index in [2.05, 4.69) is 0 Å². The predicted octanol–water partition coefficient (Wildman–Crippen LogP) is 5.64. The molecule has 212 valence electrons. The summed E-state index contributed by atoms with van der Waals surface area (Å²) in [6, 6.07) is 25.8. The molecule has 0 saturated heterocycles. The monoisotopic (exact) mass is 600 g/mol. The van der Waals surface area contributed by atoms with E-state index >= 15 is 0 Å². The smallest absolute Gasteiger partial charge is 0.252 e. The van der Waals surface area contributed by atoms with Gasteiger partial charge in [0.15, 0.2) is 0 Å². The zero-order valence-electron chi connectivity index (χ0n) is 33.6. The highest BCUT2D eigenvalue weighted by Crippen LogP contribution is 2.44. The second-order valence-corrected chi connectivity index (χ2v) is 12.9. The Balaban J connectivity index is 1.31. The van der Waals surface area contributed by atoms with Gasteiger partial charge in [-0.1, -0.05) is 103 Å². The van der Waals surface area contributed by atoms with Crippen molar-refractivity contribution < 1.29 is 12.3 Å². The quantitative estimate of drug-likeness (QED) is 0.206. The fourth-order valence-corrected chi connectivity index (χ4v) is 9.40. The Labute approximate surface area is 283 Å². The van der Waals surface area contributed by atoms with E-state index < -0.39 is 13.4 Å². The van der Waals surface area contributed by atoms with Crippen LogP contribution in [0.4, 0.5) is 17.1 Å². The minimum Gasteiger partial charge on any atom is -0.312 e. The van der Waals surface area contributed by atoms with Gasteiger partial charge in [0.25, 0.3) is 13.4 Å². The van der Waals surface area contributed by atoms with Crippen molar-refractivity contribution in [3.05, 3.63) is 139 Å². The fourth-order valence-electron chi connectivity index (χ4n) is 9.40. The fraction of sp³-hybridized carbons (Fsp3) is 0. The summed E-state index contributed by atoms with van der Waals surface area (Å²) in [7, 11) is 0. The summed E-state index contributed by atoms with van der Waals surface area (Å²) in [4.78, 5) is 1.71.